The first-order chi connectivity index (χ1) is 5.33. The monoisotopic (exact) mass is 158 g/mol. The lowest BCUT2D eigenvalue weighted by Gasteiger charge is -2.26. The van der Waals surface area contributed by atoms with E-state index in [1.165, 1.54) is 19.3 Å². The minimum atomic E-state index is 0.564. The summed E-state index contributed by atoms with van der Waals surface area (Å²) in [7, 11) is 0. The van der Waals surface area contributed by atoms with Crippen molar-refractivity contribution in [2.75, 3.05) is 6.61 Å². The summed E-state index contributed by atoms with van der Waals surface area (Å²) in [6.07, 6.45) is 4.28. The zero-order valence-electron chi connectivity index (χ0n) is 8.39. The molecule has 1 aliphatic rings. The van der Waals surface area contributed by atoms with E-state index in [2.05, 4.69) is 13.8 Å². The van der Waals surface area contributed by atoms with Gasteiger partial charge in [-0.3, -0.25) is 0 Å². The van der Waals surface area contributed by atoms with E-state index < -0.39 is 0 Å². The summed E-state index contributed by atoms with van der Waals surface area (Å²) in [4.78, 5) is 0. The third-order valence-electron chi connectivity index (χ3n) is 2.08. The maximum atomic E-state index is 5.50. The highest BCUT2D eigenvalue weighted by atomic mass is 16.5. The maximum absolute atomic E-state index is 5.50. The van der Waals surface area contributed by atoms with Gasteiger partial charge in [-0.1, -0.05) is 27.7 Å². The first-order valence-electron chi connectivity index (χ1n) is 4.94. The number of ether oxygens (including phenoxy) is 1. The topological polar surface area (TPSA) is 9.23 Å². The van der Waals surface area contributed by atoms with Crippen LogP contribution in [0.2, 0.25) is 0 Å². The molecule has 1 heteroatoms. The molecular formula is C10H22O. The molecule has 2 unspecified atom stereocenters. The molecule has 68 valence electrons. The Morgan fingerprint density at radius 3 is 2.36 bits per heavy atom. The Bertz CT molecular complexity index is 80.9. The fourth-order valence-electron chi connectivity index (χ4n) is 1.36. The zero-order chi connectivity index (χ0) is 8.69. The van der Waals surface area contributed by atoms with Gasteiger partial charge >= 0.3 is 0 Å². The smallest absolute Gasteiger partial charge is 0.0575 e. The third kappa shape index (κ3) is 4.41. The molecule has 0 aromatic carbocycles. The summed E-state index contributed by atoms with van der Waals surface area (Å²) in [6.45, 7) is 9.49. The van der Waals surface area contributed by atoms with Crippen molar-refractivity contribution in [3.63, 3.8) is 0 Å². The average molecular weight is 158 g/mol. The van der Waals surface area contributed by atoms with Crippen molar-refractivity contribution in [2.45, 2.75) is 53.1 Å². The van der Waals surface area contributed by atoms with Crippen LogP contribution in [0.25, 0.3) is 0 Å². The van der Waals surface area contributed by atoms with E-state index in [1.54, 1.807) is 0 Å². The van der Waals surface area contributed by atoms with Gasteiger partial charge in [-0.25, -0.2) is 0 Å². The van der Waals surface area contributed by atoms with Gasteiger partial charge in [0.2, 0.25) is 0 Å². The van der Waals surface area contributed by atoms with E-state index in [1.807, 2.05) is 13.8 Å². The van der Waals surface area contributed by atoms with E-state index in [4.69, 9.17) is 4.74 Å². The molecule has 1 rings (SSSR count). The van der Waals surface area contributed by atoms with Gasteiger partial charge < -0.3 is 4.74 Å². The Morgan fingerprint density at radius 2 is 2.00 bits per heavy atom. The highest BCUT2D eigenvalue weighted by Crippen LogP contribution is 2.20. The molecule has 1 fully saturated rings. The van der Waals surface area contributed by atoms with Crippen molar-refractivity contribution in [1.29, 1.82) is 0 Å². The van der Waals surface area contributed by atoms with Crippen molar-refractivity contribution in [1.82, 2.24) is 0 Å². The molecule has 0 amide bonds. The van der Waals surface area contributed by atoms with Crippen LogP contribution in [0, 0.1) is 5.92 Å². The van der Waals surface area contributed by atoms with Crippen LogP contribution in [0.3, 0.4) is 0 Å². The van der Waals surface area contributed by atoms with E-state index in [9.17, 15) is 0 Å². The Kier molecular flexibility index (Phi) is 6.63. The zero-order valence-corrected chi connectivity index (χ0v) is 8.39. The SMILES string of the molecule is CC.CCC1CC(C)CCO1. The van der Waals surface area contributed by atoms with E-state index in [-0.39, 0.29) is 0 Å². The van der Waals surface area contributed by atoms with Gasteiger partial charge in [0.05, 0.1) is 6.10 Å². The normalized spacial score (nSPS) is 30.5. The molecular weight excluding hydrogens is 136 g/mol. The van der Waals surface area contributed by atoms with Crippen LogP contribution in [-0.4, -0.2) is 12.7 Å². The molecule has 0 spiro atoms. The van der Waals surface area contributed by atoms with Crippen LogP contribution in [0.1, 0.15) is 47.0 Å². The summed E-state index contributed by atoms with van der Waals surface area (Å²) in [6, 6.07) is 0. The number of hydrogen-bond acceptors (Lipinski definition) is 1. The van der Waals surface area contributed by atoms with Crippen LogP contribution >= 0.6 is 0 Å². The van der Waals surface area contributed by atoms with Gasteiger partial charge in [-0.2, -0.15) is 0 Å². The fraction of sp³-hybridized carbons (Fsp3) is 1.00. The second-order valence-electron chi connectivity index (χ2n) is 3.03. The lowest BCUT2D eigenvalue weighted by atomic mass is 9.97. The second kappa shape index (κ2) is 6.66. The quantitative estimate of drug-likeness (QED) is 0.569. The molecule has 0 saturated carbocycles. The first-order valence-corrected chi connectivity index (χ1v) is 4.94. The summed E-state index contributed by atoms with van der Waals surface area (Å²) in [5.41, 5.74) is 0. The summed E-state index contributed by atoms with van der Waals surface area (Å²) < 4.78 is 5.50. The standard InChI is InChI=1S/C8H16O.C2H6/c1-3-8-6-7(2)4-5-9-8;1-2/h7-8H,3-6H2,1-2H3;1-2H3. The molecule has 0 aromatic rings. The van der Waals surface area contributed by atoms with Gasteiger partial charge in [-0.15, -0.1) is 0 Å². The summed E-state index contributed by atoms with van der Waals surface area (Å²) >= 11 is 0. The maximum Gasteiger partial charge on any atom is 0.0575 e. The molecule has 1 saturated heterocycles. The van der Waals surface area contributed by atoms with Crippen molar-refractivity contribution >= 4 is 0 Å². The Morgan fingerprint density at radius 1 is 1.36 bits per heavy atom. The number of hydrogen-bond donors (Lipinski definition) is 0. The van der Waals surface area contributed by atoms with E-state index >= 15 is 0 Å². The van der Waals surface area contributed by atoms with Crippen LogP contribution in [0.5, 0.6) is 0 Å². The molecule has 1 nitrogen and oxygen atoms in total. The van der Waals surface area contributed by atoms with E-state index in [0.717, 1.165) is 12.5 Å². The summed E-state index contributed by atoms with van der Waals surface area (Å²) in [5.74, 6) is 0.892. The Labute approximate surface area is 71.1 Å². The lowest BCUT2D eigenvalue weighted by molar-refractivity contribution is -0.00644. The molecule has 0 bridgehead atoms. The molecule has 0 N–H and O–H groups in total. The molecule has 2 atom stereocenters. The van der Waals surface area contributed by atoms with Crippen LogP contribution in [0.4, 0.5) is 0 Å². The molecule has 0 aliphatic carbocycles. The van der Waals surface area contributed by atoms with Crippen LogP contribution in [0.15, 0.2) is 0 Å². The molecule has 0 radical (unpaired) electrons. The second-order valence-corrected chi connectivity index (χ2v) is 3.03. The van der Waals surface area contributed by atoms with Gasteiger partial charge in [0.25, 0.3) is 0 Å². The number of rotatable bonds is 1. The van der Waals surface area contributed by atoms with Crippen LogP contribution < -0.4 is 0 Å². The van der Waals surface area contributed by atoms with Crippen molar-refractivity contribution in [3.05, 3.63) is 0 Å². The Balaban J connectivity index is 0.000000461. The van der Waals surface area contributed by atoms with Crippen LogP contribution in [-0.2, 0) is 4.74 Å². The van der Waals surface area contributed by atoms with Gasteiger partial charge in [0, 0.05) is 6.61 Å². The first kappa shape index (κ1) is 11.0. The minimum Gasteiger partial charge on any atom is -0.378 e. The van der Waals surface area contributed by atoms with Crippen molar-refractivity contribution in [2.24, 2.45) is 5.92 Å². The largest absolute Gasteiger partial charge is 0.378 e. The highest BCUT2D eigenvalue weighted by molar-refractivity contribution is 4.66. The summed E-state index contributed by atoms with van der Waals surface area (Å²) in [5, 5.41) is 0. The van der Waals surface area contributed by atoms with Crippen molar-refractivity contribution < 1.29 is 4.74 Å². The minimum absolute atomic E-state index is 0.564. The van der Waals surface area contributed by atoms with Gasteiger partial charge in [0.1, 0.15) is 0 Å². The fourth-order valence-corrected chi connectivity index (χ4v) is 1.36. The molecule has 1 aliphatic heterocycles. The average Bonchev–Trinajstić information content (AvgIpc) is 2.08. The predicted molar refractivity (Wildman–Crippen MR) is 49.8 cm³/mol. The van der Waals surface area contributed by atoms with E-state index in [0.29, 0.717) is 6.10 Å². The van der Waals surface area contributed by atoms with Crippen molar-refractivity contribution in [3.8, 4) is 0 Å². The predicted octanol–water partition coefficient (Wildman–Crippen LogP) is 3.24. The molecule has 1 heterocycles. The van der Waals surface area contributed by atoms with Gasteiger partial charge in [-0.05, 0) is 25.2 Å². The Hall–Kier alpha value is -0.0400. The molecule has 0 aromatic heterocycles. The van der Waals surface area contributed by atoms with Gasteiger partial charge in [0.15, 0.2) is 0 Å². The molecule has 11 heavy (non-hydrogen) atoms. The lowest BCUT2D eigenvalue weighted by Crippen LogP contribution is -2.23. The highest BCUT2D eigenvalue weighted by Gasteiger charge is 2.16. The third-order valence-corrected chi connectivity index (χ3v) is 2.08.